The highest BCUT2D eigenvalue weighted by atomic mass is 19.4. The van der Waals surface area contributed by atoms with Crippen LogP contribution in [0.5, 0.6) is 0 Å². The molecule has 1 aromatic heterocycles. The van der Waals surface area contributed by atoms with E-state index in [0.717, 1.165) is 12.2 Å². The van der Waals surface area contributed by atoms with Gasteiger partial charge < -0.3 is 9.88 Å². The molecule has 0 spiro atoms. The first kappa shape index (κ1) is 13.4. The first-order chi connectivity index (χ1) is 8.54. The predicted molar refractivity (Wildman–Crippen MR) is 62.0 cm³/mol. The Balaban J connectivity index is 1.69. The summed E-state index contributed by atoms with van der Waals surface area (Å²) in [7, 11) is 0. The number of halogens is 3. The van der Waals surface area contributed by atoms with Crippen LogP contribution < -0.4 is 5.32 Å². The molecule has 0 aromatic carbocycles. The fraction of sp³-hybridized carbons (Fsp3) is 0.750. The van der Waals surface area contributed by atoms with E-state index in [0.29, 0.717) is 19.0 Å². The fourth-order valence-electron chi connectivity index (χ4n) is 1.84. The minimum atomic E-state index is -4.04. The van der Waals surface area contributed by atoms with Crippen LogP contribution in [-0.4, -0.2) is 21.8 Å². The Morgan fingerprint density at radius 1 is 1.33 bits per heavy atom. The number of aryl methyl sites for hydroxylation is 1. The lowest BCUT2D eigenvalue weighted by atomic mass is 10.2. The maximum atomic E-state index is 12.0. The predicted octanol–water partition coefficient (Wildman–Crippen LogP) is 2.87. The van der Waals surface area contributed by atoms with Crippen molar-refractivity contribution in [3.8, 4) is 0 Å². The average molecular weight is 261 g/mol. The summed E-state index contributed by atoms with van der Waals surface area (Å²) >= 11 is 0. The Morgan fingerprint density at radius 3 is 2.78 bits per heavy atom. The number of alkyl halides is 3. The monoisotopic (exact) mass is 261 g/mol. The average Bonchev–Trinajstić information content (AvgIpc) is 3.01. The fourth-order valence-corrected chi connectivity index (χ4v) is 1.84. The maximum absolute atomic E-state index is 12.0. The second kappa shape index (κ2) is 5.73. The highest BCUT2D eigenvalue weighted by Gasteiger charge is 2.25. The van der Waals surface area contributed by atoms with Crippen LogP contribution in [0.4, 0.5) is 13.2 Å². The van der Waals surface area contributed by atoms with E-state index < -0.39 is 12.6 Å². The van der Waals surface area contributed by atoms with Gasteiger partial charge in [0.2, 0.25) is 0 Å². The van der Waals surface area contributed by atoms with Crippen molar-refractivity contribution in [3.63, 3.8) is 0 Å². The molecule has 3 nitrogen and oxygen atoms in total. The van der Waals surface area contributed by atoms with E-state index in [1.807, 2.05) is 4.57 Å². The van der Waals surface area contributed by atoms with Gasteiger partial charge in [-0.1, -0.05) is 0 Å². The second-order valence-electron chi connectivity index (χ2n) is 4.81. The molecule has 1 fully saturated rings. The molecule has 0 unspecified atom stereocenters. The van der Waals surface area contributed by atoms with Crippen molar-refractivity contribution in [1.29, 1.82) is 0 Å². The van der Waals surface area contributed by atoms with E-state index in [1.54, 1.807) is 12.5 Å². The third-order valence-electron chi connectivity index (χ3n) is 3.06. The summed E-state index contributed by atoms with van der Waals surface area (Å²) in [6.45, 7) is 1.36. The van der Waals surface area contributed by atoms with E-state index in [9.17, 15) is 13.2 Å². The molecule has 0 atom stereocenters. The molecule has 0 bridgehead atoms. The van der Waals surface area contributed by atoms with Crippen LogP contribution in [0, 0.1) is 0 Å². The van der Waals surface area contributed by atoms with Crippen LogP contribution in [-0.2, 0) is 13.1 Å². The minimum absolute atomic E-state index is 0.178. The molecule has 0 aliphatic heterocycles. The Kier molecular flexibility index (Phi) is 4.27. The van der Waals surface area contributed by atoms with Crippen molar-refractivity contribution < 1.29 is 13.2 Å². The first-order valence-electron chi connectivity index (χ1n) is 6.34. The van der Waals surface area contributed by atoms with Gasteiger partial charge in [0.15, 0.2) is 0 Å². The lowest BCUT2D eigenvalue weighted by Gasteiger charge is -2.09. The number of hydrogen-bond donors (Lipinski definition) is 1. The van der Waals surface area contributed by atoms with Gasteiger partial charge in [-0.2, -0.15) is 13.2 Å². The lowest BCUT2D eigenvalue weighted by molar-refractivity contribution is -0.135. The summed E-state index contributed by atoms with van der Waals surface area (Å²) in [5, 5.41) is 3.37. The zero-order valence-corrected chi connectivity index (χ0v) is 10.2. The quantitative estimate of drug-likeness (QED) is 0.765. The summed E-state index contributed by atoms with van der Waals surface area (Å²) in [5.41, 5.74) is 1.05. The van der Waals surface area contributed by atoms with Gasteiger partial charge in [0.05, 0.1) is 12.0 Å². The second-order valence-corrected chi connectivity index (χ2v) is 4.81. The molecule has 1 aliphatic rings. The van der Waals surface area contributed by atoms with E-state index >= 15 is 0 Å². The third kappa shape index (κ3) is 4.68. The molecule has 0 amide bonds. The Bertz CT molecular complexity index is 369. The number of hydrogen-bond acceptors (Lipinski definition) is 2. The van der Waals surface area contributed by atoms with Gasteiger partial charge in [0, 0.05) is 31.7 Å². The van der Waals surface area contributed by atoms with E-state index in [4.69, 9.17) is 0 Å². The van der Waals surface area contributed by atoms with Crippen molar-refractivity contribution in [3.05, 3.63) is 18.2 Å². The number of nitrogens with one attached hydrogen (secondary N) is 1. The molecule has 1 aromatic rings. The number of imidazole rings is 1. The van der Waals surface area contributed by atoms with E-state index in [-0.39, 0.29) is 6.42 Å². The number of unbranched alkanes of at least 4 members (excludes halogenated alkanes) is 1. The molecule has 1 aliphatic carbocycles. The van der Waals surface area contributed by atoms with Crippen molar-refractivity contribution in [2.24, 2.45) is 0 Å². The zero-order chi connectivity index (χ0) is 13.0. The van der Waals surface area contributed by atoms with E-state index in [2.05, 4.69) is 10.3 Å². The van der Waals surface area contributed by atoms with Gasteiger partial charge in [0.1, 0.15) is 0 Å². The summed E-state index contributed by atoms with van der Waals surface area (Å²) in [6, 6.07) is 0.624. The summed E-state index contributed by atoms with van der Waals surface area (Å²) in [4.78, 5) is 4.05. The molecule has 1 saturated carbocycles. The van der Waals surface area contributed by atoms with Crippen LogP contribution in [0.2, 0.25) is 0 Å². The molecule has 18 heavy (non-hydrogen) atoms. The Hall–Kier alpha value is -1.04. The van der Waals surface area contributed by atoms with Crippen LogP contribution in [0.1, 0.15) is 37.8 Å². The smallest absolute Gasteiger partial charge is 0.333 e. The minimum Gasteiger partial charge on any atom is -0.333 e. The van der Waals surface area contributed by atoms with Gasteiger partial charge in [0.25, 0.3) is 0 Å². The molecule has 2 rings (SSSR count). The van der Waals surface area contributed by atoms with Crippen LogP contribution in [0.3, 0.4) is 0 Å². The zero-order valence-electron chi connectivity index (χ0n) is 10.2. The molecule has 102 valence electrons. The molecule has 0 radical (unpaired) electrons. The number of aromatic nitrogens is 2. The summed E-state index contributed by atoms with van der Waals surface area (Å²) in [6.07, 6.45) is 1.89. The lowest BCUT2D eigenvalue weighted by Crippen LogP contribution is -2.18. The molecular weight excluding hydrogens is 243 g/mol. The molecule has 1 N–H and O–H groups in total. The van der Waals surface area contributed by atoms with Crippen molar-refractivity contribution in [1.82, 2.24) is 14.9 Å². The van der Waals surface area contributed by atoms with Gasteiger partial charge >= 0.3 is 6.18 Å². The summed E-state index contributed by atoms with van der Waals surface area (Å²) < 4.78 is 37.9. The normalized spacial score (nSPS) is 16.2. The standard InChI is InChI=1S/C12H18F3N3/c13-12(14,15)5-1-2-6-18-9-16-7-11(18)8-17-10-3-4-10/h7,9-10,17H,1-6,8H2. The van der Waals surface area contributed by atoms with Crippen LogP contribution in [0.15, 0.2) is 12.5 Å². The Morgan fingerprint density at radius 2 is 2.11 bits per heavy atom. The van der Waals surface area contributed by atoms with E-state index in [1.165, 1.54) is 12.8 Å². The topological polar surface area (TPSA) is 29.9 Å². The van der Waals surface area contributed by atoms with Gasteiger partial charge in [-0.3, -0.25) is 0 Å². The Labute approximate surface area is 104 Å². The number of rotatable bonds is 7. The van der Waals surface area contributed by atoms with Crippen molar-refractivity contribution in [2.45, 2.75) is 57.4 Å². The largest absolute Gasteiger partial charge is 0.389 e. The third-order valence-corrected chi connectivity index (χ3v) is 3.06. The molecule has 6 heteroatoms. The molecule has 1 heterocycles. The highest BCUT2D eigenvalue weighted by molar-refractivity contribution is 4.99. The molecule has 0 saturated heterocycles. The van der Waals surface area contributed by atoms with Crippen LogP contribution >= 0.6 is 0 Å². The number of nitrogens with zero attached hydrogens (tertiary/aromatic N) is 2. The first-order valence-corrected chi connectivity index (χ1v) is 6.34. The van der Waals surface area contributed by atoms with Crippen molar-refractivity contribution >= 4 is 0 Å². The van der Waals surface area contributed by atoms with Gasteiger partial charge in [-0.05, 0) is 25.7 Å². The van der Waals surface area contributed by atoms with Gasteiger partial charge in [-0.25, -0.2) is 4.98 Å². The highest BCUT2D eigenvalue weighted by Crippen LogP contribution is 2.22. The van der Waals surface area contributed by atoms with Crippen molar-refractivity contribution in [2.75, 3.05) is 0 Å². The van der Waals surface area contributed by atoms with Gasteiger partial charge in [-0.15, -0.1) is 0 Å². The van der Waals surface area contributed by atoms with Crippen LogP contribution in [0.25, 0.3) is 0 Å². The maximum Gasteiger partial charge on any atom is 0.389 e. The molecular formula is C12H18F3N3. The SMILES string of the molecule is FC(F)(F)CCCCn1cncc1CNC1CC1. The summed E-state index contributed by atoms with van der Waals surface area (Å²) in [5.74, 6) is 0.